The van der Waals surface area contributed by atoms with Gasteiger partial charge in [-0.05, 0) is 112 Å². The Hall–Kier alpha value is -2.44. The zero-order chi connectivity index (χ0) is 29.5. The Morgan fingerprint density at radius 2 is 1.71 bits per heavy atom. The summed E-state index contributed by atoms with van der Waals surface area (Å²) >= 11 is 6.15. The number of benzene rings is 3. The van der Waals surface area contributed by atoms with Crippen LogP contribution >= 0.6 is 11.6 Å². The van der Waals surface area contributed by atoms with E-state index >= 15 is 0 Å². The summed E-state index contributed by atoms with van der Waals surface area (Å²) in [6.45, 7) is 13.3. The van der Waals surface area contributed by atoms with E-state index in [2.05, 4.69) is 71.5 Å². The molecular formula is C36H49ClN4O. The van der Waals surface area contributed by atoms with Gasteiger partial charge in [0.1, 0.15) is 0 Å². The van der Waals surface area contributed by atoms with Crippen LogP contribution in [0, 0.1) is 0 Å². The number of carbonyl (C=O) groups excluding carboxylic acids is 1. The fourth-order valence-electron chi connectivity index (χ4n) is 7.08. The molecule has 2 aliphatic rings. The number of rotatable bonds is 10. The number of likely N-dealkylation sites (tertiary alicyclic amines) is 1. The average molecular weight is 589 g/mol. The third-order valence-electron chi connectivity index (χ3n) is 9.52. The van der Waals surface area contributed by atoms with Crippen LogP contribution in [0.25, 0.3) is 10.8 Å². The van der Waals surface area contributed by atoms with Gasteiger partial charge in [0.15, 0.2) is 0 Å². The highest BCUT2D eigenvalue weighted by atomic mass is 35.5. The van der Waals surface area contributed by atoms with Crippen molar-refractivity contribution < 1.29 is 4.79 Å². The highest BCUT2D eigenvalue weighted by molar-refractivity contribution is 6.31. The van der Waals surface area contributed by atoms with E-state index in [0.29, 0.717) is 29.1 Å². The molecule has 2 N–H and O–H groups in total. The van der Waals surface area contributed by atoms with Gasteiger partial charge in [0.25, 0.3) is 5.91 Å². The molecule has 0 bridgehead atoms. The first-order chi connectivity index (χ1) is 20.3. The number of halogens is 1. The molecule has 2 saturated heterocycles. The summed E-state index contributed by atoms with van der Waals surface area (Å²) in [4.78, 5) is 18.6. The number of amides is 1. The molecule has 3 unspecified atom stereocenters. The van der Waals surface area contributed by atoms with E-state index in [1.54, 1.807) is 0 Å². The Morgan fingerprint density at radius 1 is 0.976 bits per heavy atom. The molecule has 2 aliphatic heterocycles. The van der Waals surface area contributed by atoms with Crippen molar-refractivity contribution in [3.63, 3.8) is 0 Å². The van der Waals surface area contributed by atoms with E-state index in [4.69, 9.17) is 11.6 Å². The summed E-state index contributed by atoms with van der Waals surface area (Å²) in [5.74, 6) is 0.510. The zero-order valence-corrected chi connectivity index (χ0v) is 26.5. The molecule has 2 fully saturated rings. The van der Waals surface area contributed by atoms with Crippen molar-refractivity contribution in [2.75, 3.05) is 39.3 Å². The van der Waals surface area contributed by atoms with Crippen molar-refractivity contribution in [3.05, 3.63) is 82.9 Å². The van der Waals surface area contributed by atoms with Crippen molar-refractivity contribution in [3.8, 4) is 0 Å². The molecule has 3 aromatic rings. The number of hydrogen-bond donors (Lipinski definition) is 2. The highest BCUT2D eigenvalue weighted by Crippen LogP contribution is 2.28. The number of carbonyl (C=O) groups is 1. The Balaban J connectivity index is 1.27. The van der Waals surface area contributed by atoms with Gasteiger partial charge in [-0.25, -0.2) is 0 Å². The first kappa shape index (κ1) is 31.0. The lowest BCUT2D eigenvalue weighted by atomic mass is 9.90. The summed E-state index contributed by atoms with van der Waals surface area (Å²) in [5.41, 5.74) is 2.26. The maximum atomic E-state index is 13.2. The predicted molar refractivity (Wildman–Crippen MR) is 177 cm³/mol. The van der Waals surface area contributed by atoms with Crippen LogP contribution in [0.4, 0.5) is 0 Å². The SMILES string of the molecule is CCC(CN1CCC(CNC(=O)c2ccc3cc(Cl)ccc3c2)NC(CC(C)(C)N2CCCCC2)C1)c1ccccc1. The molecule has 42 heavy (non-hydrogen) atoms. The van der Waals surface area contributed by atoms with Crippen molar-refractivity contribution in [1.29, 1.82) is 0 Å². The standard InChI is InChI=1S/C36H49ClN4O/c1-4-27(28-11-7-5-8-12-28)25-40-20-17-33(39-34(26-40)23-36(2,3)41-18-9-6-10-19-41)24-38-35(42)31-14-13-30-22-32(37)16-15-29(30)21-31/h5,7-8,11-16,21-22,27,33-34,39H,4,6,9-10,17-20,23-26H2,1-3H3,(H,38,42). The molecule has 0 radical (unpaired) electrons. The van der Waals surface area contributed by atoms with Crippen LogP contribution in [-0.4, -0.2) is 72.6 Å². The van der Waals surface area contributed by atoms with Crippen LogP contribution in [0.1, 0.15) is 81.1 Å². The first-order valence-corrected chi connectivity index (χ1v) is 16.4. The second-order valence-corrected chi connectivity index (χ2v) is 13.5. The van der Waals surface area contributed by atoms with Crippen molar-refractivity contribution in [2.45, 2.75) is 82.8 Å². The lowest BCUT2D eigenvalue weighted by Gasteiger charge is -2.43. The second-order valence-electron chi connectivity index (χ2n) is 13.1. The Labute approximate surface area is 258 Å². The number of nitrogens with one attached hydrogen (secondary N) is 2. The number of nitrogens with zero attached hydrogens (tertiary/aromatic N) is 2. The van der Waals surface area contributed by atoms with E-state index in [9.17, 15) is 4.79 Å². The molecular weight excluding hydrogens is 540 g/mol. The van der Waals surface area contributed by atoms with Crippen LogP contribution in [-0.2, 0) is 0 Å². The molecule has 0 saturated carbocycles. The van der Waals surface area contributed by atoms with Gasteiger partial charge < -0.3 is 15.5 Å². The third kappa shape index (κ3) is 8.13. The average Bonchev–Trinajstić information content (AvgIpc) is 3.20. The monoisotopic (exact) mass is 588 g/mol. The summed E-state index contributed by atoms with van der Waals surface area (Å²) < 4.78 is 0. The minimum absolute atomic E-state index is 0.0184. The lowest BCUT2D eigenvalue weighted by Crippen LogP contribution is -2.54. The van der Waals surface area contributed by atoms with Crippen molar-refractivity contribution in [1.82, 2.24) is 20.4 Å². The highest BCUT2D eigenvalue weighted by Gasteiger charge is 2.34. The van der Waals surface area contributed by atoms with E-state index in [0.717, 1.165) is 49.7 Å². The fourth-order valence-corrected chi connectivity index (χ4v) is 7.26. The topological polar surface area (TPSA) is 47.6 Å². The van der Waals surface area contributed by atoms with Gasteiger partial charge in [-0.1, -0.05) is 67.4 Å². The van der Waals surface area contributed by atoms with Crippen LogP contribution in [0.2, 0.25) is 5.02 Å². The van der Waals surface area contributed by atoms with Crippen LogP contribution < -0.4 is 10.6 Å². The molecule has 5 rings (SSSR count). The van der Waals surface area contributed by atoms with E-state index in [1.165, 1.54) is 37.9 Å². The van der Waals surface area contributed by atoms with E-state index < -0.39 is 0 Å². The van der Waals surface area contributed by atoms with E-state index in [-0.39, 0.29) is 17.5 Å². The van der Waals surface area contributed by atoms with Gasteiger partial charge in [0, 0.05) is 47.8 Å². The normalized spacial score (nSPS) is 21.6. The molecule has 0 aliphatic carbocycles. The Morgan fingerprint density at radius 3 is 2.48 bits per heavy atom. The van der Waals surface area contributed by atoms with Gasteiger partial charge in [-0.15, -0.1) is 0 Å². The predicted octanol–water partition coefficient (Wildman–Crippen LogP) is 7.10. The molecule has 0 spiro atoms. The zero-order valence-electron chi connectivity index (χ0n) is 25.7. The van der Waals surface area contributed by atoms with Gasteiger partial charge in [-0.2, -0.15) is 0 Å². The molecule has 0 aromatic heterocycles. The second kappa shape index (κ2) is 14.4. The maximum absolute atomic E-state index is 13.2. The smallest absolute Gasteiger partial charge is 0.251 e. The quantitative estimate of drug-likeness (QED) is 0.265. The molecule has 2 heterocycles. The molecule has 5 nitrogen and oxygen atoms in total. The van der Waals surface area contributed by atoms with Gasteiger partial charge in [-0.3, -0.25) is 9.69 Å². The number of fused-ring (bicyclic) bond motifs is 1. The van der Waals surface area contributed by atoms with E-state index in [1.807, 2.05) is 36.4 Å². The summed E-state index contributed by atoms with van der Waals surface area (Å²) in [7, 11) is 0. The van der Waals surface area contributed by atoms with Gasteiger partial charge >= 0.3 is 0 Å². The Bertz CT molecular complexity index is 1310. The van der Waals surface area contributed by atoms with Crippen LogP contribution in [0.15, 0.2) is 66.7 Å². The molecule has 226 valence electrons. The molecule has 1 amide bonds. The number of hydrogen-bond acceptors (Lipinski definition) is 4. The van der Waals surface area contributed by atoms with Gasteiger partial charge in [0.05, 0.1) is 0 Å². The number of piperidine rings is 1. The van der Waals surface area contributed by atoms with Gasteiger partial charge in [0.2, 0.25) is 0 Å². The minimum atomic E-state index is -0.0184. The summed E-state index contributed by atoms with van der Waals surface area (Å²) in [5, 5.41) is 10.1. The lowest BCUT2D eigenvalue weighted by molar-refractivity contribution is 0.0733. The third-order valence-corrected chi connectivity index (χ3v) is 9.75. The minimum Gasteiger partial charge on any atom is -0.350 e. The first-order valence-electron chi connectivity index (χ1n) is 16.1. The molecule has 3 aromatic carbocycles. The Kier molecular flexibility index (Phi) is 10.6. The van der Waals surface area contributed by atoms with Crippen molar-refractivity contribution >= 4 is 28.3 Å². The maximum Gasteiger partial charge on any atom is 0.251 e. The molecule has 3 atom stereocenters. The largest absolute Gasteiger partial charge is 0.350 e. The van der Waals surface area contributed by atoms with Crippen LogP contribution in [0.5, 0.6) is 0 Å². The summed E-state index contributed by atoms with van der Waals surface area (Å²) in [6, 6.07) is 23.2. The summed E-state index contributed by atoms with van der Waals surface area (Å²) in [6.07, 6.45) is 7.21. The fraction of sp³-hybridized carbons (Fsp3) is 0.528. The molecule has 6 heteroatoms. The van der Waals surface area contributed by atoms with Crippen molar-refractivity contribution in [2.24, 2.45) is 0 Å². The van der Waals surface area contributed by atoms with Crippen LogP contribution in [0.3, 0.4) is 0 Å².